The number of rotatable bonds is 8. The Morgan fingerprint density at radius 2 is 0.632 bits per heavy atom. The maximum absolute atomic E-state index is 5.02. The van der Waals surface area contributed by atoms with Crippen molar-refractivity contribution in [3.8, 4) is 17.1 Å². The molecule has 0 atom stereocenters. The molecular formula is C52H49O2P2Ru+. The molecule has 57 heavy (non-hydrogen) atoms. The summed E-state index contributed by atoms with van der Waals surface area (Å²) in [7, 11) is 0.679. The fraction of sp³-hybridized carbons (Fsp3) is 0.115. The summed E-state index contributed by atoms with van der Waals surface area (Å²) in [6.07, 6.45) is 10.3. The van der Waals surface area contributed by atoms with E-state index in [0.717, 1.165) is 11.1 Å². The monoisotopic (exact) mass is 869 g/mol. The zero-order valence-corrected chi connectivity index (χ0v) is 35.9. The Morgan fingerprint density at radius 3 is 0.860 bits per heavy atom. The van der Waals surface area contributed by atoms with Gasteiger partial charge >= 0.3 is 19.5 Å². The van der Waals surface area contributed by atoms with E-state index in [2.05, 4.69) is 188 Å². The van der Waals surface area contributed by atoms with Crippen LogP contribution in [-0.4, -0.2) is 7.11 Å². The second-order valence-corrected chi connectivity index (χ2v) is 17.5. The number of ether oxygens (including phenoxy) is 1. The number of hydrogen-bond donors (Lipinski definition) is 0. The van der Waals surface area contributed by atoms with E-state index in [1.54, 1.807) is 7.11 Å². The van der Waals surface area contributed by atoms with E-state index in [4.69, 9.17) is 9.15 Å². The molecule has 0 N–H and O–H groups in total. The van der Waals surface area contributed by atoms with Gasteiger partial charge in [-0.15, -0.1) is 5.56 Å². The van der Waals surface area contributed by atoms with Crippen molar-refractivity contribution in [2.75, 3.05) is 7.11 Å². The van der Waals surface area contributed by atoms with E-state index in [1.165, 1.54) is 63.9 Å². The number of methoxy groups -OCH3 is 1. The summed E-state index contributed by atoms with van der Waals surface area (Å²) >= 11 is 0. The molecule has 286 valence electrons. The minimum absolute atomic E-state index is 0. The third kappa shape index (κ3) is 13.6. The number of benzene rings is 7. The molecule has 1 saturated carbocycles. The summed E-state index contributed by atoms with van der Waals surface area (Å²) in [6, 6.07) is 76.4. The van der Waals surface area contributed by atoms with Crippen molar-refractivity contribution in [1.82, 2.24) is 0 Å². The van der Waals surface area contributed by atoms with Crippen LogP contribution in [0.3, 0.4) is 0 Å². The van der Waals surface area contributed by atoms with Gasteiger partial charge in [0, 0.05) is 6.26 Å². The Morgan fingerprint density at radius 1 is 0.386 bits per heavy atom. The minimum Gasteiger partial charge on any atom is -0.530 e. The van der Waals surface area contributed by atoms with Crippen LogP contribution >= 0.6 is 15.8 Å². The first kappa shape index (κ1) is 43.2. The van der Waals surface area contributed by atoms with Gasteiger partial charge in [-0.1, -0.05) is 256 Å². The second-order valence-electron chi connectivity index (χ2n) is 13.1. The molecule has 0 unspecified atom stereocenters. The Labute approximate surface area is 355 Å². The van der Waals surface area contributed by atoms with Gasteiger partial charge in [0.25, 0.3) is 0 Å². The van der Waals surface area contributed by atoms with Crippen LogP contribution in [0.1, 0.15) is 32.1 Å². The SMILES string of the molecule is C1CCCC1.COc1cc(-c2ccccc2)[c-]o1.[Ru+2].c1ccc(P(c2ccccc2)c2ccccc2)cc1.c1ccc(P(c2ccccc2)c2ccccc2)cc1. The van der Waals surface area contributed by atoms with Crippen LogP contribution in [0.4, 0.5) is 0 Å². The Hall–Kier alpha value is -4.90. The molecule has 1 fully saturated rings. The number of hydrogen-bond acceptors (Lipinski definition) is 2. The standard InChI is InChI=1S/2C18H15P.C11H9O2.C5H10.Ru/c2*1-4-10-16(11-5-1)19(17-12-6-2-7-13-17)18-14-8-3-9-15-18;1-12-11-7-10(8-13-11)9-5-3-2-4-6-9;1-2-4-5-3-1;/h2*1-15H;2-7H,1H3;1-5H2;/q;;-1;;+2. The van der Waals surface area contributed by atoms with E-state index in [-0.39, 0.29) is 19.5 Å². The van der Waals surface area contributed by atoms with Crippen LogP contribution in [-0.2, 0) is 19.5 Å². The van der Waals surface area contributed by atoms with Crippen molar-refractivity contribution in [1.29, 1.82) is 0 Å². The smallest absolute Gasteiger partial charge is 0.530 e. The van der Waals surface area contributed by atoms with Gasteiger partial charge in [-0.25, -0.2) is 0 Å². The van der Waals surface area contributed by atoms with Crippen LogP contribution in [0, 0.1) is 6.26 Å². The Kier molecular flexibility index (Phi) is 18.7. The Balaban J connectivity index is 0.000000154. The molecule has 0 aliphatic heterocycles. The molecule has 0 amide bonds. The van der Waals surface area contributed by atoms with Gasteiger partial charge in [0.2, 0.25) is 0 Å². The second kappa shape index (κ2) is 24.7. The average Bonchev–Trinajstić information content (AvgIpc) is 4.04. The fourth-order valence-electron chi connectivity index (χ4n) is 6.38. The molecule has 7 aromatic carbocycles. The molecule has 5 heteroatoms. The maximum Gasteiger partial charge on any atom is 2.00 e. The molecule has 1 aromatic heterocycles. The van der Waals surface area contributed by atoms with Gasteiger partial charge in [0.05, 0.1) is 7.11 Å². The maximum atomic E-state index is 5.02. The van der Waals surface area contributed by atoms with Crippen LogP contribution < -0.4 is 36.6 Å². The van der Waals surface area contributed by atoms with Crippen LogP contribution in [0.15, 0.2) is 223 Å². The normalized spacial score (nSPS) is 11.4. The first-order valence-corrected chi connectivity index (χ1v) is 22.0. The predicted octanol–water partition coefficient (Wildman–Crippen LogP) is 11.6. The summed E-state index contributed by atoms with van der Waals surface area (Å²) in [4.78, 5) is 0. The van der Waals surface area contributed by atoms with Crippen molar-refractivity contribution in [2.45, 2.75) is 32.1 Å². The van der Waals surface area contributed by atoms with Gasteiger partial charge in [-0.2, -0.15) is 0 Å². The van der Waals surface area contributed by atoms with Crippen molar-refractivity contribution < 1.29 is 28.6 Å². The van der Waals surface area contributed by atoms with Crippen molar-refractivity contribution in [2.24, 2.45) is 0 Å². The summed E-state index contributed by atoms with van der Waals surface area (Å²) in [6.45, 7) is 0. The van der Waals surface area contributed by atoms with Crippen LogP contribution in [0.2, 0.25) is 0 Å². The van der Waals surface area contributed by atoms with Crippen molar-refractivity contribution in [3.05, 3.63) is 225 Å². The molecule has 1 aliphatic rings. The van der Waals surface area contributed by atoms with Gasteiger partial charge < -0.3 is 9.15 Å². The molecule has 0 saturated heterocycles. The van der Waals surface area contributed by atoms with Gasteiger partial charge in [-0.3, -0.25) is 0 Å². The largest absolute Gasteiger partial charge is 2.00 e. The molecule has 0 radical (unpaired) electrons. The van der Waals surface area contributed by atoms with E-state index >= 15 is 0 Å². The third-order valence-electron chi connectivity index (χ3n) is 9.15. The number of furan rings is 1. The summed E-state index contributed by atoms with van der Waals surface area (Å²) in [5.74, 6) is 0.485. The molecule has 1 aliphatic carbocycles. The zero-order chi connectivity index (χ0) is 38.5. The quantitative estimate of drug-likeness (QED) is 0.0862. The molecular weight excluding hydrogens is 820 g/mol. The van der Waals surface area contributed by atoms with E-state index in [1.807, 2.05) is 36.4 Å². The van der Waals surface area contributed by atoms with Crippen LogP contribution in [0.25, 0.3) is 11.1 Å². The van der Waals surface area contributed by atoms with E-state index < -0.39 is 15.8 Å². The van der Waals surface area contributed by atoms with Crippen LogP contribution in [0.5, 0.6) is 5.95 Å². The summed E-state index contributed by atoms with van der Waals surface area (Å²) in [5, 5.41) is 8.39. The van der Waals surface area contributed by atoms with E-state index in [0.29, 0.717) is 5.95 Å². The average molecular weight is 869 g/mol. The van der Waals surface area contributed by atoms with E-state index in [9.17, 15) is 0 Å². The molecule has 8 aromatic rings. The molecule has 0 spiro atoms. The minimum atomic E-state index is -0.446. The van der Waals surface area contributed by atoms with Crippen molar-refractivity contribution >= 4 is 47.7 Å². The van der Waals surface area contributed by atoms with Gasteiger partial charge in [0.1, 0.15) is 0 Å². The Bertz CT molecular complexity index is 1880. The summed E-state index contributed by atoms with van der Waals surface area (Å²) < 4.78 is 9.94. The fourth-order valence-corrected chi connectivity index (χ4v) is 11.0. The molecule has 0 bridgehead atoms. The molecule has 9 rings (SSSR count). The van der Waals surface area contributed by atoms with Gasteiger partial charge in [-0.05, 0) is 47.7 Å². The zero-order valence-electron chi connectivity index (χ0n) is 32.4. The molecule has 2 nitrogen and oxygen atoms in total. The predicted molar refractivity (Wildman–Crippen MR) is 243 cm³/mol. The molecule has 1 heterocycles. The van der Waals surface area contributed by atoms with Gasteiger partial charge in [0.15, 0.2) is 5.95 Å². The third-order valence-corrected chi connectivity index (χ3v) is 14.0. The topological polar surface area (TPSA) is 22.4 Å². The summed E-state index contributed by atoms with van der Waals surface area (Å²) in [5.41, 5.74) is 1.99. The van der Waals surface area contributed by atoms with Crippen molar-refractivity contribution in [3.63, 3.8) is 0 Å². The first-order chi connectivity index (χ1) is 27.8. The first-order valence-electron chi connectivity index (χ1n) is 19.3.